The molecule has 0 saturated carbocycles. The van der Waals surface area contributed by atoms with Gasteiger partial charge in [0.05, 0.1) is 27.8 Å². The fourth-order valence-electron chi connectivity index (χ4n) is 3.05. The van der Waals surface area contributed by atoms with E-state index in [1.165, 1.54) is 25.5 Å². The summed E-state index contributed by atoms with van der Waals surface area (Å²) < 4.78 is 5.16. The minimum Gasteiger partial charge on any atom is -0.469 e. The van der Waals surface area contributed by atoms with Crippen molar-refractivity contribution >= 4 is 39.9 Å². The highest BCUT2D eigenvalue weighted by atomic mass is 32.1. The van der Waals surface area contributed by atoms with Gasteiger partial charge in [-0.2, -0.15) is 5.10 Å². The zero-order valence-corrected chi connectivity index (χ0v) is 16.6. The number of carbonyl (C=O) groups is 1. The number of thiazole rings is 1. The first kappa shape index (κ1) is 17.9. The van der Waals surface area contributed by atoms with E-state index in [1.54, 1.807) is 41.9 Å². The molecule has 8 heteroatoms. The van der Waals surface area contributed by atoms with Gasteiger partial charge in [-0.05, 0) is 43.7 Å². The molecule has 0 radical (unpaired) electrons. The molecule has 0 aromatic carbocycles. The second-order valence-corrected chi connectivity index (χ2v) is 8.28. The lowest BCUT2D eigenvalue weighted by Crippen LogP contribution is -2.29. The van der Waals surface area contributed by atoms with E-state index in [0.29, 0.717) is 11.3 Å². The number of aryl methyl sites for hydroxylation is 1. The molecule has 3 aromatic heterocycles. The largest absolute Gasteiger partial charge is 0.469 e. The fraction of sp³-hybridized carbons (Fsp3) is 0.316. The van der Waals surface area contributed by atoms with Gasteiger partial charge in [0, 0.05) is 13.1 Å². The molecular weight excluding hydrogens is 380 g/mol. The smallest absolute Gasteiger partial charge is 0.274 e. The van der Waals surface area contributed by atoms with E-state index in [-0.39, 0.29) is 5.91 Å². The quantitative estimate of drug-likeness (QED) is 0.505. The third kappa shape index (κ3) is 3.96. The van der Waals surface area contributed by atoms with Crippen LogP contribution in [0.2, 0.25) is 0 Å². The zero-order valence-electron chi connectivity index (χ0n) is 15.0. The Labute approximate surface area is 165 Å². The van der Waals surface area contributed by atoms with E-state index in [2.05, 4.69) is 21.5 Å². The van der Waals surface area contributed by atoms with Crippen LogP contribution < -0.4 is 10.3 Å². The number of thiophene rings is 1. The molecule has 0 unspecified atom stereocenters. The monoisotopic (exact) mass is 400 g/mol. The molecule has 1 amide bonds. The van der Waals surface area contributed by atoms with Gasteiger partial charge < -0.3 is 9.32 Å². The van der Waals surface area contributed by atoms with Crippen molar-refractivity contribution in [1.29, 1.82) is 0 Å². The minimum atomic E-state index is -0.282. The molecule has 6 nitrogen and oxygen atoms in total. The number of anilines is 1. The van der Waals surface area contributed by atoms with Gasteiger partial charge in [0.25, 0.3) is 5.91 Å². The number of amides is 1. The SMILES string of the molecule is Cc1occc1C(=O)N/N=C\c1sc(N2CCCCC2)nc1-c1cccs1. The molecule has 1 aliphatic rings. The number of piperidine rings is 1. The van der Waals surface area contributed by atoms with Gasteiger partial charge in [-0.1, -0.05) is 17.4 Å². The zero-order chi connectivity index (χ0) is 18.6. The Hall–Kier alpha value is -2.45. The summed E-state index contributed by atoms with van der Waals surface area (Å²) in [5, 5.41) is 7.22. The summed E-state index contributed by atoms with van der Waals surface area (Å²) in [5.74, 6) is 0.295. The van der Waals surface area contributed by atoms with Crippen LogP contribution in [0.3, 0.4) is 0 Å². The first-order chi connectivity index (χ1) is 13.2. The number of furan rings is 1. The second kappa shape index (κ2) is 8.06. The van der Waals surface area contributed by atoms with Crippen LogP contribution in [0.4, 0.5) is 5.13 Å². The van der Waals surface area contributed by atoms with Crippen molar-refractivity contribution in [1.82, 2.24) is 10.4 Å². The van der Waals surface area contributed by atoms with E-state index in [4.69, 9.17) is 9.40 Å². The molecule has 3 aromatic rings. The topological polar surface area (TPSA) is 70.7 Å². The van der Waals surface area contributed by atoms with Crippen molar-refractivity contribution in [3.63, 3.8) is 0 Å². The van der Waals surface area contributed by atoms with E-state index in [0.717, 1.165) is 33.7 Å². The van der Waals surface area contributed by atoms with Crippen LogP contribution in [0.15, 0.2) is 39.4 Å². The molecule has 0 atom stereocenters. The summed E-state index contributed by atoms with van der Waals surface area (Å²) in [4.78, 5) is 21.4. The lowest BCUT2D eigenvalue weighted by molar-refractivity contribution is 0.0953. The summed E-state index contributed by atoms with van der Waals surface area (Å²) in [5.41, 5.74) is 3.99. The average Bonchev–Trinajstić information content (AvgIpc) is 3.42. The Balaban J connectivity index is 1.56. The number of hydrogen-bond donors (Lipinski definition) is 1. The summed E-state index contributed by atoms with van der Waals surface area (Å²) in [6.07, 6.45) is 6.88. The maximum absolute atomic E-state index is 12.2. The van der Waals surface area contributed by atoms with Crippen LogP contribution >= 0.6 is 22.7 Å². The van der Waals surface area contributed by atoms with E-state index >= 15 is 0 Å². The molecule has 1 N–H and O–H groups in total. The number of aromatic nitrogens is 1. The molecule has 140 valence electrons. The Morgan fingerprint density at radius 2 is 2.19 bits per heavy atom. The molecule has 4 heterocycles. The lowest BCUT2D eigenvalue weighted by Gasteiger charge is -2.25. The second-order valence-electron chi connectivity index (χ2n) is 6.32. The Morgan fingerprint density at radius 3 is 2.89 bits per heavy atom. The highest BCUT2D eigenvalue weighted by Crippen LogP contribution is 2.35. The van der Waals surface area contributed by atoms with Crippen molar-refractivity contribution in [3.05, 3.63) is 46.0 Å². The highest BCUT2D eigenvalue weighted by Gasteiger charge is 2.19. The Kier molecular flexibility index (Phi) is 5.35. The third-order valence-corrected chi connectivity index (χ3v) is 6.40. The van der Waals surface area contributed by atoms with Gasteiger partial charge in [0.15, 0.2) is 5.13 Å². The summed E-state index contributed by atoms with van der Waals surface area (Å²) in [6, 6.07) is 5.72. The van der Waals surface area contributed by atoms with Crippen LogP contribution in [0.25, 0.3) is 10.6 Å². The fourth-order valence-corrected chi connectivity index (χ4v) is 4.84. The average molecular weight is 401 g/mol. The number of nitrogens with zero attached hydrogens (tertiary/aromatic N) is 3. The van der Waals surface area contributed by atoms with Crippen molar-refractivity contribution in [2.75, 3.05) is 18.0 Å². The van der Waals surface area contributed by atoms with Crippen LogP contribution in [-0.2, 0) is 0 Å². The number of carbonyl (C=O) groups excluding carboxylic acids is 1. The van der Waals surface area contributed by atoms with E-state index in [1.807, 2.05) is 11.4 Å². The van der Waals surface area contributed by atoms with Crippen LogP contribution in [0.5, 0.6) is 0 Å². The van der Waals surface area contributed by atoms with Crippen LogP contribution in [0, 0.1) is 6.92 Å². The van der Waals surface area contributed by atoms with Crippen molar-refractivity contribution in [2.45, 2.75) is 26.2 Å². The number of hydrazone groups is 1. The summed E-state index contributed by atoms with van der Waals surface area (Å²) >= 11 is 3.27. The van der Waals surface area contributed by atoms with Crippen molar-refractivity contribution in [2.24, 2.45) is 5.10 Å². The Bertz CT molecular complexity index is 937. The normalized spacial score (nSPS) is 14.8. The first-order valence-corrected chi connectivity index (χ1v) is 10.6. The molecule has 1 aliphatic heterocycles. The van der Waals surface area contributed by atoms with Gasteiger partial charge in [-0.25, -0.2) is 10.4 Å². The minimum absolute atomic E-state index is 0.282. The predicted octanol–water partition coefficient (Wildman–Crippen LogP) is 4.53. The maximum atomic E-state index is 12.2. The molecule has 0 spiro atoms. The molecule has 1 saturated heterocycles. The number of nitrogens with one attached hydrogen (secondary N) is 1. The first-order valence-electron chi connectivity index (χ1n) is 8.89. The molecule has 0 bridgehead atoms. The summed E-state index contributed by atoms with van der Waals surface area (Å²) in [6.45, 7) is 3.84. The number of rotatable bonds is 5. The van der Waals surface area contributed by atoms with Gasteiger partial charge in [0.2, 0.25) is 0 Å². The van der Waals surface area contributed by atoms with Gasteiger partial charge >= 0.3 is 0 Å². The van der Waals surface area contributed by atoms with Crippen molar-refractivity contribution in [3.8, 4) is 10.6 Å². The third-order valence-electron chi connectivity index (χ3n) is 4.47. The van der Waals surface area contributed by atoms with Gasteiger partial charge in [-0.15, -0.1) is 11.3 Å². The van der Waals surface area contributed by atoms with E-state index < -0.39 is 0 Å². The van der Waals surface area contributed by atoms with Crippen LogP contribution in [0.1, 0.15) is 40.3 Å². The molecule has 4 rings (SSSR count). The molecular formula is C19H20N4O2S2. The molecule has 0 aliphatic carbocycles. The summed E-state index contributed by atoms with van der Waals surface area (Å²) in [7, 11) is 0. The van der Waals surface area contributed by atoms with Gasteiger partial charge in [-0.3, -0.25) is 4.79 Å². The lowest BCUT2D eigenvalue weighted by atomic mass is 10.1. The van der Waals surface area contributed by atoms with E-state index in [9.17, 15) is 4.79 Å². The maximum Gasteiger partial charge on any atom is 0.274 e. The van der Waals surface area contributed by atoms with Gasteiger partial charge in [0.1, 0.15) is 11.5 Å². The van der Waals surface area contributed by atoms with Crippen LogP contribution in [-0.4, -0.2) is 30.2 Å². The highest BCUT2D eigenvalue weighted by molar-refractivity contribution is 7.18. The van der Waals surface area contributed by atoms with Crippen molar-refractivity contribution < 1.29 is 9.21 Å². The predicted molar refractivity (Wildman–Crippen MR) is 110 cm³/mol. The molecule has 1 fully saturated rings. The standard InChI is InChI=1S/C19H20N4O2S2/c1-13-14(7-10-25-13)18(24)22-20-12-16-17(15-6-5-11-26-15)21-19(27-16)23-8-3-2-4-9-23/h5-7,10-12H,2-4,8-9H2,1H3,(H,22,24)/b20-12-. The Morgan fingerprint density at radius 1 is 1.33 bits per heavy atom. The molecule has 27 heavy (non-hydrogen) atoms. The number of hydrogen-bond acceptors (Lipinski definition) is 7.